The quantitative estimate of drug-likeness (QED) is 0.830. The molecule has 0 saturated heterocycles. The molecule has 2 unspecified atom stereocenters. The molecule has 4 saturated carbocycles. The number of amides is 1. The molecule has 1 heterocycles. The van der Waals surface area contributed by atoms with Gasteiger partial charge in [-0.05, 0) is 68.1 Å². The van der Waals surface area contributed by atoms with Crippen LogP contribution in [-0.4, -0.2) is 21.6 Å². The number of carbonyl (C=O) groups excluding carboxylic acids is 1. The lowest BCUT2D eigenvalue weighted by atomic mass is 9.47. The van der Waals surface area contributed by atoms with Crippen molar-refractivity contribution in [2.45, 2.75) is 50.5 Å². The third-order valence-electron chi connectivity index (χ3n) is 6.58. The molecule has 0 spiro atoms. The Bertz CT molecular complexity index is 865. The van der Waals surface area contributed by atoms with Crippen molar-refractivity contribution in [3.8, 4) is 0 Å². The van der Waals surface area contributed by atoms with Crippen LogP contribution >= 0.6 is 11.3 Å². The molecule has 2 N–H and O–H groups in total. The van der Waals surface area contributed by atoms with Gasteiger partial charge >= 0.3 is 0 Å². The zero-order valence-electron chi connectivity index (χ0n) is 15.1. The molecule has 6 rings (SSSR count). The Kier molecular flexibility index (Phi) is 3.92. The molecule has 4 atom stereocenters. The highest BCUT2D eigenvalue weighted by molar-refractivity contribution is 7.15. The number of thiazole rings is 1. The molecule has 2 aromatic rings. The van der Waals surface area contributed by atoms with E-state index >= 15 is 0 Å². The third-order valence-corrected chi connectivity index (χ3v) is 7.49. The molecule has 1 aromatic heterocycles. The van der Waals surface area contributed by atoms with Crippen molar-refractivity contribution in [2.24, 2.45) is 17.3 Å². The Morgan fingerprint density at radius 3 is 2.59 bits per heavy atom. The maximum atomic E-state index is 13.1. The first-order chi connectivity index (χ1) is 12.9. The van der Waals surface area contributed by atoms with Gasteiger partial charge in [-0.15, -0.1) is 11.3 Å². The minimum atomic E-state index is -0.641. The highest BCUT2D eigenvalue weighted by Crippen LogP contribution is 2.61. The second-order valence-electron chi connectivity index (χ2n) is 8.85. The minimum Gasteiger partial charge on any atom is -0.390 e. The van der Waals surface area contributed by atoms with Gasteiger partial charge < -0.3 is 10.4 Å². The summed E-state index contributed by atoms with van der Waals surface area (Å²) >= 11 is 1.46. The van der Waals surface area contributed by atoms with E-state index in [4.69, 9.17) is 0 Å². The van der Waals surface area contributed by atoms with Crippen LogP contribution in [0.25, 0.3) is 0 Å². The van der Waals surface area contributed by atoms with Crippen molar-refractivity contribution in [1.82, 2.24) is 4.98 Å². The highest BCUT2D eigenvalue weighted by atomic mass is 32.1. The Morgan fingerprint density at radius 1 is 1.22 bits per heavy atom. The van der Waals surface area contributed by atoms with E-state index < -0.39 is 11.0 Å². The first kappa shape index (κ1) is 17.3. The van der Waals surface area contributed by atoms with Crippen LogP contribution in [0.4, 0.5) is 9.52 Å². The minimum absolute atomic E-state index is 0.0257. The summed E-state index contributed by atoms with van der Waals surface area (Å²) in [6, 6.07) is 6.44. The number of benzene rings is 1. The molecule has 0 aliphatic heterocycles. The zero-order valence-corrected chi connectivity index (χ0v) is 15.9. The summed E-state index contributed by atoms with van der Waals surface area (Å²) in [7, 11) is 0. The largest absolute Gasteiger partial charge is 0.390 e. The van der Waals surface area contributed by atoms with E-state index in [2.05, 4.69) is 10.3 Å². The number of nitrogens with zero attached hydrogens (tertiary/aromatic N) is 1. The summed E-state index contributed by atoms with van der Waals surface area (Å²) in [5.41, 5.74) is -0.0547. The summed E-state index contributed by atoms with van der Waals surface area (Å²) < 4.78 is 13.0. The summed E-state index contributed by atoms with van der Waals surface area (Å²) in [5, 5.41) is 14.5. The second-order valence-corrected chi connectivity index (χ2v) is 9.97. The van der Waals surface area contributed by atoms with Crippen LogP contribution in [0.2, 0.25) is 0 Å². The van der Waals surface area contributed by atoms with Gasteiger partial charge in [0.1, 0.15) is 5.82 Å². The van der Waals surface area contributed by atoms with Gasteiger partial charge in [-0.3, -0.25) is 4.79 Å². The van der Waals surface area contributed by atoms with Crippen molar-refractivity contribution in [3.63, 3.8) is 0 Å². The van der Waals surface area contributed by atoms with Crippen molar-refractivity contribution >= 4 is 22.4 Å². The number of hydrogen-bond acceptors (Lipinski definition) is 4. The lowest BCUT2D eigenvalue weighted by Crippen LogP contribution is -2.59. The van der Waals surface area contributed by atoms with E-state index in [0.29, 0.717) is 29.8 Å². The first-order valence-electron chi connectivity index (χ1n) is 9.64. The second kappa shape index (κ2) is 6.11. The maximum Gasteiger partial charge on any atom is 0.232 e. The van der Waals surface area contributed by atoms with E-state index in [1.165, 1.54) is 23.5 Å². The molecule has 4 fully saturated rings. The fraction of sp³-hybridized carbons (Fsp3) is 0.524. The Morgan fingerprint density at radius 2 is 1.93 bits per heavy atom. The molecular weight excluding hydrogens is 363 g/mol. The van der Waals surface area contributed by atoms with Gasteiger partial charge in [0.15, 0.2) is 5.13 Å². The van der Waals surface area contributed by atoms with Crippen molar-refractivity contribution in [3.05, 3.63) is 46.7 Å². The van der Waals surface area contributed by atoms with E-state index in [-0.39, 0.29) is 11.7 Å². The van der Waals surface area contributed by atoms with Gasteiger partial charge in [0.2, 0.25) is 5.91 Å². The average molecular weight is 386 g/mol. The molecule has 1 aromatic carbocycles. The van der Waals surface area contributed by atoms with Gasteiger partial charge in [-0.1, -0.05) is 12.1 Å². The predicted molar refractivity (Wildman–Crippen MR) is 102 cm³/mol. The molecule has 1 amide bonds. The van der Waals surface area contributed by atoms with Gasteiger partial charge in [-0.2, -0.15) is 0 Å². The molecule has 6 heteroatoms. The predicted octanol–water partition coefficient (Wildman–Crippen LogP) is 4.14. The van der Waals surface area contributed by atoms with Crippen LogP contribution in [0, 0.1) is 23.1 Å². The van der Waals surface area contributed by atoms with Crippen LogP contribution in [0.15, 0.2) is 30.5 Å². The average Bonchev–Trinajstić information content (AvgIpc) is 3.02. The smallest absolute Gasteiger partial charge is 0.232 e. The monoisotopic (exact) mass is 386 g/mol. The molecule has 4 bridgehead atoms. The van der Waals surface area contributed by atoms with Gasteiger partial charge in [0, 0.05) is 17.5 Å². The standard InChI is InChI=1S/C21H23FN2O2S/c22-16-3-1-13(2-4-16)6-17-11-23-19(27-17)24-18(25)20-7-14-5-15(8-20)10-21(26,9-14)12-20/h1-4,11,14-15,26H,5-10,12H2,(H,23,24,25)/t14-,15+,20?,21?. The first-order valence-corrected chi connectivity index (χ1v) is 10.5. The molecular formula is C21H23FN2O2S. The van der Waals surface area contributed by atoms with Crippen LogP contribution < -0.4 is 5.32 Å². The molecule has 27 heavy (non-hydrogen) atoms. The fourth-order valence-electron chi connectivity index (χ4n) is 5.96. The number of aliphatic hydroxyl groups is 1. The Labute approximate surface area is 161 Å². The summed E-state index contributed by atoms with van der Waals surface area (Å²) in [6.07, 6.45) is 7.70. The lowest BCUT2D eigenvalue weighted by molar-refractivity contribution is -0.174. The Hall–Kier alpha value is -1.79. The van der Waals surface area contributed by atoms with Crippen molar-refractivity contribution in [2.75, 3.05) is 5.32 Å². The van der Waals surface area contributed by atoms with Crippen molar-refractivity contribution < 1.29 is 14.3 Å². The molecule has 142 valence electrons. The molecule has 4 aliphatic rings. The highest BCUT2D eigenvalue weighted by Gasteiger charge is 2.60. The maximum absolute atomic E-state index is 13.1. The topological polar surface area (TPSA) is 62.2 Å². The van der Waals surface area contributed by atoms with E-state index in [0.717, 1.165) is 42.5 Å². The summed E-state index contributed by atoms with van der Waals surface area (Å²) in [4.78, 5) is 18.5. The van der Waals surface area contributed by atoms with E-state index in [1.54, 1.807) is 18.3 Å². The van der Waals surface area contributed by atoms with Crippen molar-refractivity contribution in [1.29, 1.82) is 0 Å². The van der Waals surface area contributed by atoms with Gasteiger partial charge in [0.05, 0.1) is 11.0 Å². The molecule has 4 aliphatic carbocycles. The van der Waals surface area contributed by atoms with Gasteiger partial charge in [0.25, 0.3) is 0 Å². The number of rotatable bonds is 4. The number of anilines is 1. The summed E-state index contributed by atoms with van der Waals surface area (Å²) in [5.74, 6) is 0.741. The normalized spacial score (nSPS) is 34.0. The third kappa shape index (κ3) is 3.19. The number of hydrogen-bond donors (Lipinski definition) is 2. The molecule has 0 radical (unpaired) electrons. The Balaban J connectivity index is 1.29. The van der Waals surface area contributed by atoms with Crippen LogP contribution in [0.5, 0.6) is 0 Å². The van der Waals surface area contributed by atoms with Crippen LogP contribution in [-0.2, 0) is 11.2 Å². The SMILES string of the molecule is O=C(Nc1ncc(Cc2ccc(F)cc2)s1)C12C[C@@H]3C[C@@H](CC(O)(C3)C1)C2. The van der Waals surface area contributed by atoms with E-state index in [9.17, 15) is 14.3 Å². The van der Waals surface area contributed by atoms with E-state index in [1.807, 2.05) is 0 Å². The van der Waals surface area contributed by atoms with Crippen LogP contribution in [0.3, 0.4) is 0 Å². The fourth-order valence-corrected chi connectivity index (χ4v) is 6.80. The number of aromatic nitrogens is 1. The van der Waals surface area contributed by atoms with Gasteiger partial charge in [-0.25, -0.2) is 9.37 Å². The zero-order chi connectivity index (χ0) is 18.6. The number of carbonyl (C=O) groups is 1. The molecule has 4 nitrogen and oxygen atoms in total. The van der Waals surface area contributed by atoms with Crippen LogP contribution in [0.1, 0.15) is 49.0 Å². The number of nitrogens with one attached hydrogen (secondary N) is 1. The number of halogens is 1. The lowest BCUT2D eigenvalue weighted by Gasteiger charge is -2.59. The summed E-state index contributed by atoms with van der Waals surface area (Å²) in [6.45, 7) is 0.